The summed E-state index contributed by atoms with van der Waals surface area (Å²) >= 11 is 0. The minimum Gasteiger partial charge on any atom is -0.305 e. The molecule has 0 aliphatic carbocycles. The van der Waals surface area contributed by atoms with Gasteiger partial charge >= 0.3 is 0 Å². The van der Waals surface area contributed by atoms with Crippen LogP contribution in [0.2, 0.25) is 0 Å². The van der Waals surface area contributed by atoms with Crippen molar-refractivity contribution in [1.82, 2.24) is 0 Å². The Morgan fingerprint density at radius 2 is 1.91 bits per heavy atom. The van der Waals surface area contributed by atoms with Crippen molar-refractivity contribution < 1.29 is 13.2 Å². The van der Waals surface area contributed by atoms with Crippen LogP contribution >= 0.6 is 0 Å². The van der Waals surface area contributed by atoms with Crippen LogP contribution in [0.25, 0.3) is 0 Å². The first-order valence-corrected chi connectivity index (χ1v) is 9.23. The second-order valence-electron chi connectivity index (χ2n) is 5.81. The Labute approximate surface area is 136 Å². The maximum absolute atomic E-state index is 12.9. The average molecular weight is 330 g/mol. The molecule has 120 valence electrons. The molecule has 2 aromatic rings. The quantitative estimate of drug-likeness (QED) is 0.941. The SMILES string of the molecule is CC1Cc2ccccc2N1C(=O)c1cccc(NS(C)(=O)=O)c1. The first-order valence-electron chi connectivity index (χ1n) is 7.34. The summed E-state index contributed by atoms with van der Waals surface area (Å²) in [6, 6.07) is 14.5. The van der Waals surface area contributed by atoms with Crippen molar-refractivity contribution in [1.29, 1.82) is 0 Å². The van der Waals surface area contributed by atoms with Gasteiger partial charge in [0.25, 0.3) is 5.91 Å². The number of benzene rings is 2. The normalized spacial score (nSPS) is 17.0. The first kappa shape index (κ1) is 15.6. The second kappa shape index (κ2) is 5.70. The standard InChI is InChI=1S/C17H18N2O3S/c1-12-10-13-6-3-4-9-16(13)19(12)17(20)14-7-5-8-15(11-14)18-23(2,21)22/h3-9,11-12,18H,10H2,1-2H3. The van der Waals surface area contributed by atoms with Crippen molar-refractivity contribution in [2.24, 2.45) is 0 Å². The van der Waals surface area contributed by atoms with E-state index < -0.39 is 10.0 Å². The van der Waals surface area contributed by atoms with Gasteiger partial charge in [-0.15, -0.1) is 0 Å². The second-order valence-corrected chi connectivity index (χ2v) is 7.56. The van der Waals surface area contributed by atoms with Crippen molar-refractivity contribution >= 4 is 27.3 Å². The van der Waals surface area contributed by atoms with Gasteiger partial charge in [-0.1, -0.05) is 24.3 Å². The third-order valence-corrected chi connectivity index (χ3v) is 4.45. The highest BCUT2D eigenvalue weighted by atomic mass is 32.2. The number of fused-ring (bicyclic) bond motifs is 1. The van der Waals surface area contributed by atoms with Crippen molar-refractivity contribution in [3.63, 3.8) is 0 Å². The highest BCUT2D eigenvalue weighted by Crippen LogP contribution is 2.33. The zero-order valence-electron chi connectivity index (χ0n) is 13.0. The predicted molar refractivity (Wildman–Crippen MR) is 91.3 cm³/mol. The van der Waals surface area contributed by atoms with Crippen molar-refractivity contribution in [2.45, 2.75) is 19.4 Å². The van der Waals surface area contributed by atoms with E-state index in [1.807, 2.05) is 31.2 Å². The van der Waals surface area contributed by atoms with Gasteiger partial charge < -0.3 is 4.90 Å². The Morgan fingerprint density at radius 3 is 2.65 bits per heavy atom. The molecule has 1 amide bonds. The molecule has 1 atom stereocenters. The van der Waals surface area contributed by atoms with E-state index in [0.29, 0.717) is 11.3 Å². The molecule has 0 saturated heterocycles. The third kappa shape index (κ3) is 3.22. The molecule has 0 spiro atoms. The van der Waals surface area contributed by atoms with Gasteiger partial charge in [0.2, 0.25) is 10.0 Å². The van der Waals surface area contributed by atoms with Crippen LogP contribution in [0.3, 0.4) is 0 Å². The highest BCUT2D eigenvalue weighted by molar-refractivity contribution is 7.92. The number of amides is 1. The van der Waals surface area contributed by atoms with Gasteiger partial charge in [0.1, 0.15) is 0 Å². The third-order valence-electron chi connectivity index (χ3n) is 3.84. The molecule has 1 aliphatic heterocycles. The van der Waals surface area contributed by atoms with E-state index >= 15 is 0 Å². The van der Waals surface area contributed by atoms with Gasteiger partial charge in [0, 0.05) is 23.0 Å². The molecule has 2 aromatic carbocycles. The number of para-hydroxylation sites is 1. The molecule has 1 heterocycles. The molecule has 6 heteroatoms. The number of sulfonamides is 1. The molecular weight excluding hydrogens is 312 g/mol. The summed E-state index contributed by atoms with van der Waals surface area (Å²) in [5, 5.41) is 0. The smallest absolute Gasteiger partial charge is 0.258 e. The summed E-state index contributed by atoms with van der Waals surface area (Å²) < 4.78 is 25.1. The van der Waals surface area contributed by atoms with E-state index in [0.717, 1.165) is 23.9 Å². The summed E-state index contributed by atoms with van der Waals surface area (Å²) in [6.07, 6.45) is 1.91. The molecule has 0 bridgehead atoms. The number of carbonyl (C=O) groups excluding carboxylic acids is 1. The van der Waals surface area contributed by atoms with E-state index in [-0.39, 0.29) is 11.9 Å². The highest BCUT2D eigenvalue weighted by Gasteiger charge is 2.31. The minimum absolute atomic E-state index is 0.0754. The Balaban J connectivity index is 1.94. The summed E-state index contributed by atoms with van der Waals surface area (Å²) in [5.74, 6) is -0.125. The lowest BCUT2D eigenvalue weighted by atomic mass is 10.1. The summed E-state index contributed by atoms with van der Waals surface area (Å²) in [7, 11) is -3.37. The van der Waals surface area contributed by atoms with Gasteiger partial charge in [-0.2, -0.15) is 0 Å². The van der Waals surface area contributed by atoms with E-state index in [2.05, 4.69) is 4.72 Å². The van der Waals surface area contributed by atoms with Crippen LogP contribution in [0.15, 0.2) is 48.5 Å². The summed E-state index contributed by atoms with van der Waals surface area (Å²) in [5.41, 5.74) is 2.92. The molecular formula is C17H18N2O3S. The molecule has 0 aromatic heterocycles. The van der Waals surface area contributed by atoms with Crippen molar-refractivity contribution in [2.75, 3.05) is 15.9 Å². The number of anilines is 2. The van der Waals surface area contributed by atoms with Crippen molar-refractivity contribution in [3.05, 3.63) is 59.7 Å². The number of nitrogens with zero attached hydrogens (tertiary/aromatic N) is 1. The number of hydrogen-bond donors (Lipinski definition) is 1. The Kier molecular flexibility index (Phi) is 3.85. The molecule has 0 radical (unpaired) electrons. The molecule has 1 unspecified atom stereocenters. The zero-order valence-corrected chi connectivity index (χ0v) is 13.8. The summed E-state index contributed by atoms with van der Waals surface area (Å²) in [4.78, 5) is 14.7. The van der Waals surface area contributed by atoms with Gasteiger partial charge in [-0.25, -0.2) is 8.42 Å². The maximum atomic E-state index is 12.9. The fourth-order valence-corrected chi connectivity index (χ4v) is 3.50. The van der Waals surface area contributed by atoms with Gasteiger partial charge in [-0.3, -0.25) is 9.52 Å². The molecule has 5 nitrogen and oxygen atoms in total. The van der Waals surface area contributed by atoms with Gasteiger partial charge in [0.05, 0.1) is 6.26 Å². The Hall–Kier alpha value is -2.34. The lowest BCUT2D eigenvalue weighted by Crippen LogP contribution is -2.35. The van der Waals surface area contributed by atoms with Gasteiger partial charge in [-0.05, 0) is 43.2 Å². The van der Waals surface area contributed by atoms with Gasteiger partial charge in [0.15, 0.2) is 0 Å². The molecule has 0 fully saturated rings. The Bertz CT molecular complexity index is 862. The fraction of sp³-hybridized carbons (Fsp3) is 0.235. The Morgan fingerprint density at radius 1 is 1.17 bits per heavy atom. The zero-order chi connectivity index (χ0) is 16.6. The molecule has 0 saturated carbocycles. The number of hydrogen-bond acceptors (Lipinski definition) is 3. The largest absolute Gasteiger partial charge is 0.305 e. The van der Waals surface area contributed by atoms with Crippen molar-refractivity contribution in [3.8, 4) is 0 Å². The average Bonchev–Trinajstić information content (AvgIpc) is 2.81. The van der Waals surface area contributed by atoms with E-state index in [9.17, 15) is 13.2 Å². The van der Waals surface area contributed by atoms with E-state index in [1.54, 1.807) is 29.2 Å². The molecule has 1 N–H and O–H groups in total. The lowest BCUT2D eigenvalue weighted by molar-refractivity contribution is 0.0981. The van der Waals surface area contributed by atoms with Crippen LogP contribution in [-0.2, 0) is 16.4 Å². The first-order chi connectivity index (χ1) is 10.8. The van der Waals surface area contributed by atoms with Crippen LogP contribution in [0.1, 0.15) is 22.8 Å². The van der Waals surface area contributed by atoms with Crippen LogP contribution in [0.4, 0.5) is 11.4 Å². The number of rotatable bonds is 3. The van der Waals surface area contributed by atoms with E-state index in [4.69, 9.17) is 0 Å². The fourth-order valence-electron chi connectivity index (χ4n) is 2.94. The van der Waals surface area contributed by atoms with Crippen LogP contribution in [0, 0.1) is 0 Å². The topological polar surface area (TPSA) is 66.5 Å². The van der Waals surface area contributed by atoms with Crippen LogP contribution < -0.4 is 9.62 Å². The van der Waals surface area contributed by atoms with Crippen LogP contribution in [-0.4, -0.2) is 26.6 Å². The lowest BCUT2D eigenvalue weighted by Gasteiger charge is -2.23. The summed E-state index contributed by atoms with van der Waals surface area (Å²) in [6.45, 7) is 2.01. The van der Waals surface area contributed by atoms with E-state index in [1.165, 1.54) is 0 Å². The monoisotopic (exact) mass is 330 g/mol. The number of nitrogens with one attached hydrogen (secondary N) is 1. The molecule has 1 aliphatic rings. The minimum atomic E-state index is -3.37. The molecule has 23 heavy (non-hydrogen) atoms. The van der Waals surface area contributed by atoms with Crippen LogP contribution in [0.5, 0.6) is 0 Å². The number of carbonyl (C=O) groups is 1. The predicted octanol–water partition coefficient (Wildman–Crippen LogP) is 2.65. The molecule has 3 rings (SSSR count). The maximum Gasteiger partial charge on any atom is 0.258 e.